The monoisotopic (exact) mass is 447 g/mol. The van der Waals surface area contributed by atoms with Crippen LogP contribution in [-0.4, -0.2) is 0 Å². The summed E-state index contributed by atoms with van der Waals surface area (Å²) in [4.78, 5) is 0. The van der Waals surface area contributed by atoms with Crippen molar-refractivity contribution in [3.63, 3.8) is 0 Å². The van der Waals surface area contributed by atoms with Crippen LogP contribution in [0.25, 0.3) is 0 Å². The highest BCUT2D eigenvalue weighted by Gasteiger charge is 2.13. The van der Waals surface area contributed by atoms with Gasteiger partial charge in [0.05, 0.1) is 11.6 Å². The Balaban J connectivity index is 0.000000459. The summed E-state index contributed by atoms with van der Waals surface area (Å²) in [5, 5.41) is 8.59. The topological polar surface area (TPSA) is 23.8 Å². The van der Waals surface area contributed by atoms with Crippen molar-refractivity contribution in [3.05, 3.63) is 106 Å². The Morgan fingerprint density at radius 2 is 1.39 bits per heavy atom. The van der Waals surface area contributed by atoms with Crippen LogP contribution in [0.3, 0.4) is 0 Å². The Morgan fingerprint density at radius 1 is 0.788 bits per heavy atom. The number of aryl methyl sites for hydroxylation is 1. The van der Waals surface area contributed by atoms with Gasteiger partial charge in [0.2, 0.25) is 0 Å². The smallest absolute Gasteiger partial charge is 0.123 e. The van der Waals surface area contributed by atoms with E-state index in [1.165, 1.54) is 22.8 Å². The zero-order chi connectivity index (χ0) is 24.3. The van der Waals surface area contributed by atoms with E-state index in [0.717, 1.165) is 11.1 Å². The minimum atomic E-state index is -0.155. The average Bonchev–Trinajstić information content (AvgIpc) is 2.74. The highest BCUT2D eigenvalue weighted by Crippen LogP contribution is 2.22. The lowest BCUT2D eigenvalue weighted by atomic mass is 9.87. The number of halogens is 1. The van der Waals surface area contributed by atoms with E-state index < -0.39 is 0 Å². The summed E-state index contributed by atoms with van der Waals surface area (Å²) in [5.74, 6) is 1.00. The fourth-order valence-corrected chi connectivity index (χ4v) is 3.16. The number of rotatable bonds is 2. The van der Waals surface area contributed by atoms with Gasteiger partial charge in [-0.2, -0.15) is 5.26 Å². The largest absolute Gasteiger partial charge is 0.207 e. The normalized spacial score (nSPS) is 10.2. The molecule has 2 heteroatoms. The van der Waals surface area contributed by atoms with Crippen LogP contribution in [0.2, 0.25) is 0 Å². The molecule has 178 valence electrons. The van der Waals surface area contributed by atoms with Crippen LogP contribution in [0.1, 0.15) is 95.5 Å². The van der Waals surface area contributed by atoms with Crippen molar-refractivity contribution in [1.29, 1.82) is 5.26 Å². The number of benzene rings is 3. The molecule has 3 aromatic rings. The Bertz CT molecular complexity index is 1000. The molecule has 0 amide bonds. The Labute approximate surface area is 202 Å². The first-order chi connectivity index (χ1) is 15.0. The number of hydrogen-bond acceptors (Lipinski definition) is 1. The second-order valence-electron chi connectivity index (χ2n) is 9.66. The van der Waals surface area contributed by atoms with Gasteiger partial charge in [-0.05, 0) is 70.7 Å². The molecule has 0 saturated heterocycles. The molecule has 3 aromatic carbocycles. The van der Waals surface area contributed by atoms with Gasteiger partial charge < -0.3 is 0 Å². The zero-order valence-electron chi connectivity index (χ0n) is 20.9. The minimum Gasteiger partial charge on any atom is -0.207 e. The first kappa shape index (κ1) is 30.1. The molecule has 0 saturated carbocycles. The van der Waals surface area contributed by atoms with E-state index in [2.05, 4.69) is 85.7 Å². The maximum atomic E-state index is 12.7. The molecule has 0 aliphatic heterocycles. The Morgan fingerprint density at radius 3 is 1.82 bits per heavy atom. The second kappa shape index (κ2) is 14.3. The molecule has 0 heterocycles. The van der Waals surface area contributed by atoms with Crippen molar-refractivity contribution in [2.75, 3.05) is 0 Å². The molecule has 0 aromatic heterocycles. The van der Waals surface area contributed by atoms with Crippen LogP contribution in [0, 0.1) is 24.1 Å². The molecule has 0 unspecified atom stereocenters. The summed E-state index contributed by atoms with van der Waals surface area (Å²) < 4.78 is 12.7. The van der Waals surface area contributed by atoms with E-state index in [4.69, 9.17) is 5.26 Å². The maximum Gasteiger partial charge on any atom is 0.123 e. The highest BCUT2D eigenvalue weighted by molar-refractivity contribution is 5.34. The van der Waals surface area contributed by atoms with Gasteiger partial charge in [-0.25, -0.2) is 4.39 Å². The number of nitrogens with zero attached hydrogens (tertiary/aromatic N) is 1. The van der Waals surface area contributed by atoms with Crippen LogP contribution in [0.4, 0.5) is 4.39 Å². The van der Waals surface area contributed by atoms with Crippen molar-refractivity contribution in [3.8, 4) is 6.07 Å². The molecule has 0 aliphatic rings. The molecule has 0 bridgehead atoms. The molecular formula is C31H42FN. The van der Waals surface area contributed by atoms with E-state index in [1.54, 1.807) is 12.1 Å². The summed E-state index contributed by atoms with van der Waals surface area (Å²) in [6, 6.07) is 25.1. The molecular weight excluding hydrogens is 405 g/mol. The number of nitriles is 1. The van der Waals surface area contributed by atoms with Gasteiger partial charge in [-0.15, -0.1) is 0 Å². The molecule has 3 rings (SSSR count). The zero-order valence-corrected chi connectivity index (χ0v) is 20.9. The van der Waals surface area contributed by atoms with Gasteiger partial charge in [0, 0.05) is 0 Å². The van der Waals surface area contributed by atoms with Gasteiger partial charge in [0.1, 0.15) is 5.82 Å². The van der Waals surface area contributed by atoms with E-state index in [1.807, 2.05) is 30.3 Å². The van der Waals surface area contributed by atoms with Crippen LogP contribution in [0.15, 0.2) is 72.8 Å². The standard InChI is InChI=1S/C10H13F.C10H11N.C10H14.CH4/c1-10(2,3)8-5-4-6-9(11)7-8;1-8(2)10-5-3-4-9(6-10)7-11;1-8(2)10-7-5-4-6-9(10)3;/h4-7H,1-3H3;3-6,8H,1-2H3;4-8H,1-3H3;1H4. The molecule has 0 aliphatic carbocycles. The average molecular weight is 448 g/mol. The molecule has 1 nitrogen and oxygen atoms in total. The van der Waals surface area contributed by atoms with Gasteiger partial charge in [0.25, 0.3) is 0 Å². The molecule has 0 fully saturated rings. The third-order valence-corrected chi connectivity index (χ3v) is 5.18. The lowest BCUT2D eigenvalue weighted by molar-refractivity contribution is 0.572. The van der Waals surface area contributed by atoms with Gasteiger partial charge in [-0.1, -0.05) is 104 Å². The minimum absolute atomic E-state index is 0. The van der Waals surface area contributed by atoms with E-state index >= 15 is 0 Å². The first-order valence-electron chi connectivity index (χ1n) is 11.3. The SMILES string of the molecule is C.CC(C)(C)c1cccc(F)c1.CC(C)c1cccc(C#N)c1.Cc1ccccc1C(C)C. The van der Waals surface area contributed by atoms with Crippen molar-refractivity contribution < 1.29 is 4.39 Å². The fraction of sp³-hybridized carbons (Fsp3) is 0.387. The van der Waals surface area contributed by atoms with E-state index in [-0.39, 0.29) is 18.7 Å². The molecule has 0 atom stereocenters. The Kier molecular flexibility index (Phi) is 13.0. The maximum absolute atomic E-state index is 12.7. The third-order valence-electron chi connectivity index (χ3n) is 5.18. The van der Waals surface area contributed by atoms with Gasteiger partial charge in [-0.3, -0.25) is 0 Å². The van der Waals surface area contributed by atoms with E-state index in [0.29, 0.717) is 11.8 Å². The van der Waals surface area contributed by atoms with Crippen molar-refractivity contribution >= 4 is 0 Å². The second-order valence-corrected chi connectivity index (χ2v) is 9.66. The lowest BCUT2D eigenvalue weighted by Crippen LogP contribution is -2.10. The van der Waals surface area contributed by atoms with Crippen LogP contribution < -0.4 is 0 Å². The van der Waals surface area contributed by atoms with E-state index in [9.17, 15) is 4.39 Å². The van der Waals surface area contributed by atoms with Crippen LogP contribution in [0.5, 0.6) is 0 Å². The summed E-state index contributed by atoms with van der Waals surface area (Å²) in [6.07, 6.45) is 0. The predicted molar refractivity (Wildman–Crippen MR) is 142 cm³/mol. The molecule has 0 radical (unpaired) electrons. The summed E-state index contributed by atoms with van der Waals surface area (Å²) in [5.41, 5.74) is 5.92. The molecule has 33 heavy (non-hydrogen) atoms. The first-order valence-corrected chi connectivity index (χ1v) is 11.3. The van der Waals surface area contributed by atoms with Crippen molar-refractivity contribution in [2.45, 2.75) is 80.1 Å². The quantitative estimate of drug-likeness (QED) is 0.383. The fourth-order valence-electron chi connectivity index (χ4n) is 3.16. The van der Waals surface area contributed by atoms with Crippen molar-refractivity contribution in [2.24, 2.45) is 0 Å². The van der Waals surface area contributed by atoms with Gasteiger partial charge in [0.15, 0.2) is 0 Å². The third kappa shape index (κ3) is 11.0. The predicted octanol–water partition coefficient (Wildman–Crippen LogP) is 9.56. The van der Waals surface area contributed by atoms with Crippen LogP contribution in [-0.2, 0) is 5.41 Å². The molecule has 0 N–H and O–H groups in total. The van der Waals surface area contributed by atoms with Crippen molar-refractivity contribution in [1.82, 2.24) is 0 Å². The number of hydrogen-bond donors (Lipinski definition) is 0. The summed E-state index contributed by atoms with van der Waals surface area (Å²) >= 11 is 0. The highest BCUT2D eigenvalue weighted by atomic mass is 19.1. The molecule has 0 spiro atoms. The van der Waals surface area contributed by atoms with Gasteiger partial charge >= 0.3 is 0 Å². The lowest BCUT2D eigenvalue weighted by Gasteiger charge is -2.18. The Hall–Kier alpha value is -2.92. The summed E-state index contributed by atoms with van der Waals surface area (Å²) in [7, 11) is 0. The van der Waals surface area contributed by atoms with Crippen LogP contribution >= 0.6 is 0 Å². The summed E-state index contributed by atoms with van der Waals surface area (Å²) in [6.45, 7) is 17.1.